The molecule has 8 nitrogen and oxygen atoms in total. The minimum atomic E-state index is -1.05. The molecule has 162 valence electrons. The molecule has 2 aromatic heterocycles. The number of aromatic nitrogens is 4. The number of fused-ring (bicyclic) bond motifs is 1. The fraction of sp³-hybridized carbons (Fsp3) is 0.381. The molecule has 4 rings (SSSR count). The topological polar surface area (TPSA) is 83.7 Å². The van der Waals surface area contributed by atoms with Gasteiger partial charge >= 0.3 is 0 Å². The maximum absolute atomic E-state index is 13.4. The second-order valence-corrected chi connectivity index (χ2v) is 7.53. The molecule has 1 aliphatic rings. The van der Waals surface area contributed by atoms with Gasteiger partial charge in [-0.25, -0.2) is 18.3 Å². The molecule has 10 heteroatoms. The van der Waals surface area contributed by atoms with Crippen molar-refractivity contribution in [3.8, 4) is 0 Å². The van der Waals surface area contributed by atoms with Gasteiger partial charge in [0.2, 0.25) is 5.91 Å². The van der Waals surface area contributed by atoms with Crippen LogP contribution in [0.15, 0.2) is 24.5 Å². The van der Waals surface area contributed by atoms with Gasteiger partial charge in [-0.05, 0) is 44.0 Å². The van der Waals surface area contributed by atoms with Crippen molar-refractivity contribution in [2.45, 2.75) is 26.7 Å². The molecular weight excluding hydrogens is 406 g/mol. The Morgan fingerprint density at radius 3 is 2.45 bits per heavy atom. The number of aryl methyl sites for hydroxylation is 2. The Balaban J connectivity index is 1.34. The van der Waals surface area contributed by atoms with E-state index in [4.69, 9.17) is 0 Å². The van der Waals surface area contributed by atoms with Crippen molar-refractivity contribution < 1.29 is 18.4 Å². The Bertz CT molecular complexity index is 1150. The summed E-state index contributed by atoms with van der Waals surface area (Å²) in [6.07, 6.45) is 2.30. The summed E-state index contributed by atoms with van der Waals surface area (Å²) in [5.74, 6) is -1.88. The van der Waals surface area contributed by atoms with Crippen molar-refractivity contribution >= 4 is 17.6 Å². The van der Waals surface area contributed by atoms with Crippen molar-refractivity contribution in [2.24, 2.45) is 0 Å². The Morgan fingerprint density at radius 1 is 1.03 bits per heavy atom. The van der Waals surface area contributed by atoms with E-state index in [9.17, 15) is 18.4 Å². The highest BCUT2D eigenvalue weighted by molar-refractivity contribution is 5.94. The molecule has 0 radical (unpaired) electrons. The molecule has 0 atom stereocenters. The second-order valence-electron chi connectivity index (χ2n) is 7.53. The molecule has 3 aromatic rings. The molecular formula is C21H22F2N6O2. The number of halogens is 2. The third-order valence-corrected chi connectivity index (χ3v) is 5.66. The third kappa shape index (κ3) is 4.10. The van der Waals surface area contributed by atoms with Crippen molar-refractivity contribution in [1.29, 1.82) is 0 Å². The first-order valence-corrected chi connectivity index (χ1v) is 10.0. The number of carbonyl (C=O) groups excluding carboxylic acids is 2. The molecule has 1 aliphatic heterocycles. The van der Waals surface area contributed by atoms with E-state index in [-0.39, 0.29) is 17.4 Å². The predicted octanol–water partition coefficient (Wildman–Crippen LogP) is 1.94. The summed E-state index contributed by atoms with van der Waals surface area (Å²) in [5.41, 5.74) is 2.81. The Kier molecular flexibility index (Phi) is 5.62. The van der Waals surface area contributed by atoms with Crippen LogP contribution >= 0.6 is 0 Å². The van der Waals surface area contributed by atoms with E-state index in [2.05, 4.69) is 15.1 Å². The van der Waals surface area contributed by atoms with Crippen LogP contribution in [0.5, 0.6) is 0 Å². The van der Waals surface area contributed by atoms with Gasteiger partial charge in [-0.15, -0.1) is 0 Å². The molecule has 1 aromatic carbocycles. The number of hydrogen-bond donors (Lipinski definition) is 0. The molecule has 0 spiro atoms. The summed E-state index contributed by atoms with van der Waals surface area (Å²) in [4.78, 5) is 37.0. The van der Waals surface area contributed by atoms with Crippen molar-refractivity contribution in [3.05, 3.63) is 58.7 Å². The highest BCUT2D eigenvalue weighted by Gasteiger charge is 2.25. The first-order valence-electron chi connectivity index (χ1n) is 10.0. The second kappa shape index (κ2) is 8.37. The van der Waals surface area contributed by atoms with Crippen LogP contribution in [-0.2, 0) is 11.2 Å². The van der Waals surface area contributed by atoms with E-state index >= 15 is 0 Å². The maximum Gasteiger partial charge on any atom is 0.254 e. The minimum absolute atomic E-state index is 0.00240. The predicted molar refractivity (Wildman–Crippen MR) is 107 cm³/mol. The van der Waals surface area contributed by atoms with Crippen LogP contribution in [0.25, 0.3) is 5.78 Å². The number of piperazine rings is 1. The monoisotopic (exact) mass is 428 g/mol. The molecule has 0 bridgehead atoms. The van der Waals surface area contributed by atoms with Crippen molar-refractivity contribution in [2.75, 3.05) is 26.2 Å². The fourth-order valence-electron chi connectivity index (χ4n) is 3.88. The number of carbonyl (C=O) groups is 2. The van der Waals surface area contributed by atoms with Gasteiger partial charge in [-0.1, -0.05) is 0 Å². The summed E-state index contributed by atoms with van der Waals surface area (Å²) in [6.45, 7) is 5.30. The van der Waals surface area contributed by atoms with E-state index in [1.54, 1.807) is 14.3 Å². The number of rotatable bonds is 4. The Hall–Kier alpha value is -3.43. The quantitative estimate of drug-likeness (QED) is 0.634. The van der Waals surface area contributed by atoms with Crippen LogP contribution in [-0.4, -0.2) is 67.4 Å². The average Bonchev–Trinajstić information content (AvgIpc) is 3.23. The highest BCUT2D eigenvalue weighted by Crippen LogP contribution is 2.17. The lowest BCUT2D eigenvalue weighted by atomic mass is 10.1. The van der Waals surface area contributed by atoms with E-state index in [1.807, 2.05) is 13.8 Å². The molecule has 3 heterocycles. The number of nitrogens with zero attached hydrogens (tertiary/aromatic N) is 6. The molecule has 1 saturated heterocycles. The van der Waals surface area contributed by atoms with E-state index in [0.717, 1.165) is 29.1 Å². The zero-order valence-corrected chi connectivity index (χ0v) is 17.3. The smallest absolute Gasteiger partial charge is 0.254 e. The number of amides is 2. The minimum Gasteiger partial charge on any atom is -0.339 e. The van der Waals surface area contributed by atoms with Gasteiger partial charge in [0.05, 0.1) is 0 Å². The Labute approximate surface area is 177 Å². The molecule has 0 aliphatic carbocycles. The third-order valence-electron chi connectivity index (χ3n) is 5.66. The average molecular weight is 428 g/mol. The summed E-state index contributed by atoms with van der Waals surface area (Å²) >= 11 is 0. The van der Waals surface area contributed by atoms with Crippen LogP contribution in [0.2, 0.25) is 0 Å². The number of hydrogen-bond acceptors (Lipinski definition) is 5. The molecule has 2 amide bonds. The SMILES string of the molecule is Cc1nc2ncnn2c(C)c1CCC(=O)N1CCN(C(=O)c2ccc(F)c(F)c2)CC1. The Morgan fingerprint density at radius 2 is 1.74 bits per heavy atom. The molecule has 0 N–H and O–H groups in total. The largest absolute Gasteiger partial charge is 0.339 e. The molecule has 0 unspecified atom stereocenters. The highest BCUT2D eigenvalue weighted by atomic mass is 19.2. The van der Waals surface area contributed by atoms with Crippen LogP contribution in [0.4, 0.5) is 8.78 Å². The van der Waals surface area contributed by atoms with Gasteiger partial charge in [-0.2, -0.15) is 10.1 Å². The molecule has 1 fully saturated rings. The van der Waals surface area contributed by atoms with Gasteiger partial charge in [0.1, 0.15) is 6.33 Å². The van der Waals surface area contributed by atoms with E-state index < -0.39 is 11.6 Å². The van der Waals surface area contributed by atoms with Crippen LogP contribution < -0.4 is 0 Å². The molecule has 31 heavy (non-hydrogen) atoms. The first-order chi connectivity index (χ1) is 14.8. The van der Waals surface area contributed by atoms with Gasteiger partial charge in [-0.3, -0.25) is 9.59 Å². The van der Waals surface area contributed by atoms with Crippen molar-refractivity contribution in [3.63, 3.8) is 0 Å². The maximum atomic E-state index is 13.4. The van der Waals surface area contributed by atoms with E-state index in [1.165, 1.54) is 12.4 Å². The normalized spacial score (nSPS) is 14.3. The fourth-order valence-corrected chi connectivity index (χ4v) is 3.88. The zero-order valence-electron chi connectivity index (χ0n) is 17.3. The number of benzene rings is 1. The standard InChI is InChI=1S/C21H22F2N6O2/c1-13-16(14(2)29-21(26-13)24-12-25-29)4-6-19(30)27-7-9-28(10-8-27)20(31)15-3-5-17(22)18(23)11-15/h3,5,11-12H,4,6-10H2,1-2H3. The lowest BCUT2D eigenvalue weighted by Crippen LogP contribution is -2.50. The summed E-state index contributed by atoms with van der Waals surface area (Å²) in [5, 5.41) is 4.16. The lowest BCUT2D eigenvalue weighted by Gasteiger charge is -2.35. The van der Waals surface area contributed by atoms with Crippen LogP contribution in [0, 0.1) is 25.5 Å². The van der Waals surface area contributed by atoms with E-state index in [0.29, 0.717) is 44.8 Å². The van der Waals surface area contributed by atoms with Gasteiger partial charge < -0.3 is 9.80 Å². The van der Waals surface area contributed by atoms with Crippen LogP contribution in [0.1, 0.15) is 33.7 Å². The van der Waals surface area contributed by atoms with Crippen LogP contribution in [0.3, 0.4) is 0 Å². The van der Waals surface area contributed by atoms with Gasteiger partial charge in [0, 0.05) is 49.6 Å². The lowest BCUT2D eigenvalue weighted by molar-refractivity contribution is -0.132. The summed E-state index contributed by atoms with van der Waals surface area (Å²) in [7, 11) is 0. The zero-order chi connectivity index (χ0) is 22.1. The van der Waals surface area contributed by atoms with Gasteiger partial charge in [0.15, 0.2) is 11.6 Å². The van der Waals surface area contributed by atoms with Crippen molar-refractivity contribution in [1.82, 2.24) is 29.4 Å². The first kappa shape index (κ1) is 20.8. The molecule has 0 saturated carbocycles. The summed E-state index contributed by atoms with van der Waals surface area (Å²) < 4.78 is 28.2. The summed E-state index contributed by atoms with van der Waals surface area (Å²) in [6, 6.07) is 3.11. The van der Waals surface area contributed by atoms with Gasteiger partial charge in [0.25, 0.3) is 11.7 Å².